The first kappa shape index (κ1) is 65.1. The number of fused-ring (bicyclic) bond motifs is 1. The van der Waals surface area contributed by atoms with E-state index in [1.165, 1.54) is 135 Å². The first-order valence-electron chi connectivity index (χ1n) is 28.1. The molecule has 0 aromatic rings. The van der Waals surface area contributed by atoms with E-state index in [0.29, 0.717) is 30.9 Å². The van der Waals surface area contributed by atoms with Crippen LogP contribution in [0.25, 0.3) is 0 Å². The van der Waals surface area contributed by atoms with Gasteiger partial charge in [0.25, 0.3) is 0 Å². The van der Waals surface area contributed by atoms with E-state index < -0.39 is 32.5 Å². The van der Waals surface area contributed by atoms with Gasteiger partial charge in [-0.1, -0.05) is 195 Å². The number of urea groups is 1. The monoisotopic (exact) mass is 1020 g/mol. The third-order valence-corrected chi connectivity index (χ3v) is 15.7. The van der Waals surface area contributed by atoms with Crippen LogP contribution in [0.15, 0.2) is 0 Å². The minimum atomic E-state index is -4.56. The highest BCUT2D eigenvalue weighted by molar-refractivity contribution is 8.00. The second-order valence-corrected chi connectivity index (χ2v) is 21.9. The fourth-order valence-corrected chi connectivity index (χ4v) is 11.1. The molecule has 14 nitrogen and oxygen atoms in total. The van der Waals surface area contributed by atoms with Crippen LogP contribution >= 0.6 is 19.6 Å². The van der Waals surface area contributed by atoms with E-state index in [2.05, 4.69) is 55.5 Å². The zero-order valence-corrected chi connectivity index (χ0v) is 46.2. The Labute approximate surface area is 425 Å². The van der Waals surface area contributed by atoms with Gasteiger partial charge in [-0.3, -0.25) is 23.4 Å². The molecule has 406 valence electrons. The van der Waals surface area contributed by atoms with Gasteiger partial charge in [0.2, 0.25) is 5.91 Å². The van der Waals surface area contributed by atoms with Gasteiger partial charge in [0.15, 0.2) is 6.10 Å². The summed E-state index contributed by atoms with van der Waals surface area (Å²) in [6, 6.07) is 0.201. The molecule has 16 heteroatoms. The molecule has 2 aliphatic rings. The lowest BCUT2D eigenvalue weighted by Crippen LogP contribution is -2.36. The zero-order valence-electron chi connectivity index (χ0n) is 44.5. The van der Waals surface area contributed by atoms with Crippen LogP contribution in [0.4, 0.5) is 4.79 Å². The van der Waals surface area contributed by atoms with Crippen LogP contribution in [0.1, 0.15) is 240 Å². The summed E-state index contributed by atoms with van der Waals surface area (Å²) in [7, 11) is -4.56. The Morgan fingerprint density at radius 1 is 0.638 bits per heavy atom. The highest BCUT2D eigenvalue weighted by atomic mass is 32.2. The van der Waals surface area contributed by atoms with Gasteiger partial charge in [-0.25, -0.2) is 9.36 Å². The van der Waals surface area contributed by atoms with Gasteiger partial charge < -0.3 is 35.2 Å². The summed E-state index contributed by atoms with van der Waals surface area (Å²) in [6.45, 7) is 13.6. The van der Waals surface area contributed by atoms with Crippen molar-refractivity contribution in [2.75, 3.05) is 51.8 Å². The number of hydrogen-bond donors (Lipinski definition) is 4. The number of rotatable bonds is 46. The van der Waals surface area contributed by atoms with Crippen LogP contribution < -0.4 is 16.0 Å². The number of ether oxygens (including phenoxy) is 2. The third-order valence-electron chi connectivity index (χ3n) is 13.2. The van der Waals surface area contributed by atoms with Crippen LogP contribution in [0.3, 0.4) is 0 Å². The lowest BCUT2D eigenvalue weighted by Gasteiger charge is -2.20. The number of carbonyl (C=O) groups excluding carboxylic acids is 4. The standard InChI is InChI=1S/C47H88N3O10PS.C6H15N/c1-3-5-7-9-11-13-15-17-19-21-23-25-27-33-44(52)57-37-40(60-45(53)34-28-26-24-22-20-18-16-14-12-10-8-6-4-2)38-59-61(55,56)58-36-35-48-43(51)32-30-29-31-42-46-41(39-62-42)49-47(54)50-46;1-4-7(5-2)6-3/h40-42,46H,3-39H2,1-2H3,(H,48,51)(H,55,56)(H2,49,50,54);4-6H2,1-3H3/t40-,41+,42+,46+;/m1./s1. The number of thioether (sulfide) groups is 1. The van der Waals surface area contributed by atoms with E-state index in [1.807, 2.05) is 11.8 Å². The Morgan fingerprint density at radius 2 is 1.10 bits per heavy atom. The predicted octanol–water partition coefficient (Wildman–Crippen LogP) is 12.7. The fraction of sp³-hybridized carbons (Fsp3) is 0.925. The number of hydrogen-bond acceptors (Lipinski definition) is 11. The molecule has 0 radical (unpaired) electrons. The lowest BCUT2D eigenvalue weighted by molar-refractivity contribution is -0.161. The SMILES string of the molecule is CCCCCCCCCCCCCCCC(=O)OC[C@H](COP(=O)(O)OCCNC(=O)CCCC[C@@H]1SC[C@@H]2NC(=O)N[C@@H]21)OC(=O)CCCCCCCCCCCCCCC.CCN(CC)CC. The Hall–Kier alpha value is -1.90. The molecular weight excluding hydrogens is 916 g/mol. The van der Waals surface area contributed by atoms with Gasteiger partial charge >= 0.3 is 25.8 Å². The fourth-order valence-electron chi connectivity index (χ4n) is 8.79. The van der Waals surface area contributed by atoms with Crippen LogP contribution in [0.5, 0.6) is 0 Å². The molecule has 0 aromatic carbocycles. The normalized spacial score (nSPS) is 17.6. The van der Waals surface area contributed by atoms with Crippen LogP contribution in [0, 0.1) is 0 Å². The summed E-state index contributed by atoms with van der Waals surface area (Å²) >= 11 is 1.84. The van der Waals surface area contributed by atoms with E-state index in [9.17, 15) is 28.6 Å². The molecule has 1 unspecified atom stereocenters. The van der Waals surface area contributed by atoms with Crippen molar-refractivity contribution in [2.45, 2.75) is 264 Å². The molecule has 2 rings (SSSR count). The third kappa shape index (κ3) is 37.5. The second-order valence-electron chi connectivity index (χ2n) is 19.2. The Balaban J connectivity index is 0.00000314. The van der Waals surface area contributed by atoms with Gasteiger partial charge in [0, 0.05) is 36.8 Å². The molecule has 3 amide bonds. The van der Waals surface area contributed by atoms with Crippen molar-refractivity contribution >= 4 is 43.5 Å². The number of nitrogens with zero attached hydrogens (tertiary/aromatic N) is 1. The molecule has 0 aliphatic carbocycles. The van der Waals surface area contributed by atoms with E-state index >= 15 is 0 Å². The average Bonchev–Trinajstić information content (AvgIpc) is 3.90. The van der Waals surface area contributed by atoms with Crippen LogP contribution in [0.2, 0.25) is 0 Å². The first-order valence-corrected chi connectivity index (χ1v) is 30.7. The second kappa shape index (κ2) is 44.8. The molecular formula is C53H103N4O10PS. The van der Waals surface area contributed by atoms with Crippen LogP contribution in [-0.2, 0) is 37.5 Å². The zero-order chi connectivity index (χ0) is 50.6. The summed E-state index contributed by atoms with van der Waals surface area (Å²) < 4.78 is 34.0. The Bertz CT molecular complexity index is 1330. The maximum absolute atomic E-state index is 12.8. The summed E-state index contributed by atoms with van der Waals surface area (Å²) in [5, 5.41) is 8.94. The van der Waals surface area contributed by atoms with Gasteiger partial charge in [-0.05, 0) is 45.3 Å². The molecule has 0 saturated carbocycles. The molecule has 2 aliphatic heterocycles. The molecule has 69 heavy (non-hydrogen) atoms. The highest BCUT2D eigenvalue weighted by Gasteiger charge is 2.42. The summed E-state index contributed by atoms with van der Waals surface area (Å²) in [5.41, 5.74) is 0. The molecule has 0 spiro atoms. The number of phosphoric acid groups is 1. The number of esters is 2. The van der Waals surface area contributed by atoms with E-state index in [4.69, 9.17) is 18.5 Å². The maximum atomic E-state index is 12.8. The van der Waals surface area contributed by atoms with Gasteiger partial charge in [0.05, 0.1) is 25.3 Å². The average molecular weight is 1020 g/mol. The quantitative estimate of drug-likeness (QED) is 0.0196. The van der Waals surface area contributed by atoms with Crippen molar-refractivity contribution in [3.8, 4) is 0 Å². The van der Waals surface area contributed by atoms with E-state index in [1.54, 1.807) is 0 Å². The number of amides is 3. The summed E-state index contributed by atoms with van der Waals surface area (Å²) in [6.07, 6.45) is 33.3. The van der Waals surface area contributed by atoms with E-state index in [0.717, 1.165) is 57.1 Å². The molecule has 5 atom stereocenters. The highest BCUT2D eigenvalue weighted by Crippen LogP contribution is 2.43. The van der Waals surface area contributed by atoms with E-state index in [-0.39, 0.29) is 56.6 Å². The number of unbranched alkanes of at least 4 members (excludes halogenated alkanes) is 25. The number of carbonyl (C=O) groups is 4. The van der Waals surface area contributed by atoms with Crippen molar-refractivity contribution in [1.82, 2.24) is 20.9 Å². The van der Waals surface area contributed by atoms with Crippen molar-refractivity contribution in [1.29, 1.82) is 0 Å². The van der Waals surface area contributed by atoms with Crippen LogP contribution in [-0.4, -0.2) is 109 Å². The van der Waals surface area contributed by atoms with Crippen molar-refractivity contribution in [3.05, 3.63) is 0 Å². The van der Waals surface area contributed by atoms with Crippen molar-refractivity contribution in [3.63, 3.8) is 0 Å². The molecule has 4 N–H and O–H groups in total. The Morgan fingerprint density at radius 3 is 1.58 bits per heavy atom. The van der Waals surface area contributed by atoms with Crippen molar-refractivity contribution in [2.24, 2.45) is 0 Å². The number of phosphoric ester groups is 1. The molecule has 0 bridgehead atoms. The Kier molecular flexibility index (Phi) is 42.3. The summed E-state index contributed by atoms with van der Waals surface area (Å²) in [5.74, 6) is -0.175. The van der Waals surface area contributed by atoms with Gasteiger partial charge in [-0.2, -0.15) is 11.8 Å². The maximum Gasteiger partial charge on any atom is 0.472 e. The van der Waals surface area contributed by atoms with Crippen molar-refractivity contribution < 1.29 is 47.2 Å². The largest absolute Gasteiger partial charge is 0.472 e. The lowest BCUT2D eigenvalue weighted by atomic mass is 10.0. The number of nitrogens with one attached hydrogen (secondary N) is 3. The van der Waals surface area contributed by atoms with Gasteiger partial charge in [0.1, 0.15) is 6.61 Å². The summed E-state index contributed by atoms with van der Waals surface area (Å²) in [4.78, 5) is 62.0. The molecule has 2 saturated heterocycles. The minimum absolute atomic E-state index is 0.0149. The topological polar surface area (TPSA) is 182 Å². The molecule has 2 fully saturated rings. The minimum Gasteiger partial charge on any atom is -0.462 e. The smallest absolute Gasteiger partial charge is 0.462 e. The molecule has 0 aromatic heterocycles. The first-order chi connectivity index (χ1) is 33.5. The predicted molar refractivity (Wildman–Crippen MR) is 284 cm³/mol. The molecule has 2 heterocycles. The van der Waals surface area contributed by atoms with Gasteiger partial charge in [-0.15, -0.1) is 0 Å².